The number of halogens is 1. The lowest BCUT2D eigenvalue weighted by atomic mass is 10.1. The molecule has 8 heteroatoms. The lowest BCUT2D eigenvalue weighted by Crippen LogP contribution is -2.45. The van der Waals surface area contributed by atoms with Crippen molar-refractivity contribution >= 4 is 21.6 Å². The van der Waals surface area contributed by atoms with Crippen LogP contribution in [0.2, 0.25) is 0 Å². The number of carbonyl (C=O) groups is 1. The molecule has 0 heterocycles. The van der Waals surface area contributed by atoms with Gasteiger partial charge in [0.05, 0.1) is 17.2 Å². The third kappa shape index (κ3) is 5.93. The number of hydrogen-bond acceptors (Lipinski definition) is 4. The van der Waals surface area contributed by atoms with Gasteiger partial charge in [-0.15, -0.1) is 0 Å². The number of ether oxygens (including phenoxy) is 1. The fourth-order valence-electron chi connectivity index (χ4n) is 2.52. The van der Waals surface area contributed by atoms with Crippen LogP contribution in [0.3, 0.4) is 0 Å². The van der Waals surface area contributed by atoms with E-state index >= 15 is 0 Å². The van der Waals surface area contributed by atoms with Gasteiger partial charge in [0.15, 0.2) is 0 Å². The molecule has 158 valence electrons. The Hall–Kier alpha value is -2.61. The SMILES string of the molecule is CCOc1ccc(N(CC(=O)N[C@H](C)C(C)C)S(=O)(=O)c2ccc(F)cc2)cc1. The minimum Gasteiger partial charge on any atom is -0.494 e. The topological polar surface area (TPSA) is 75.7 Å². The van der Waals surface area contributed by atoms with Crippen molar-refractivity contribution in [3.05, 3.63) is 54.3 Å². The number of nitrogens with one attached hydrogen (secondary N) is 1. The van der Waals surface area contributed by atoms with Crippen molar-refractivity contribution in [3.63, 3.8) is 0 Å². The highest BCUT2D eigenvalue weighted by atomic mass is 32.2. The summed E-state index contributed by atoms with van der Waals surface area (Å²) < 4.78 is 46.1. The lowest BCUT2D eigenvalue weighted by molar-refractivity contribution is -0.120. The molecule has 0 aliphatic carbocycles. The molecular weight excluding hydrogens is 395 g/mol. The quantitative estimate of drug-likeness (QED) is 0.670. The molecule has 1 amide bonds. The fraction of sp³-hybridized carbons (Fsp3) is 0.381. The van der Waals surface area contributed by atoms with Gasteiger partial charge in [0.2, 0.25) is 5.91 Å². The van der Waals surface area contributed by atoms with E-state index in [9.17, 15) is 17.6 Å². The maximum Gasteiger partial charge on any atom is 0.264 e. The van der Waals surface area contributed by atoms with Crippen LogP contribution in [0, 0.1) is 11.7 Å². The predicted molar refractivity (Wildman–Crippen MR) is 111 cm³/mol. The molecule has 2 aromatic rings. The van der Waals surface area contributed by atoms with Gasteiger partial charge >= 0.3 is 0 Å². The second-order valence-corrected chi connectivity index (χ2v) is 8.86. The van der Waals surface area contributed by atoms with E-state index in [4.69, 9.17) is 4.74 Å². The summed E-state index contributed by atoms with van der Waals surface area (Å²) in [6, 6.07) is 10.8. The van der Waals surface area contributed by atoms with Gasteiger partial charge in [-0.2, -0.15) is 0 Å². The molecule has 0 bridgehead atoms. The minimum atomic E-state index is -4.08. The molecule has 0 unspecified atom stereocenters. The number of rotatable bonds is 9. The molecule has 1 atom stereocenters. The Balaban J connectivity index is 2.39. The van der Waals surface area contributed by atoms with Gasteiger partial charge in [-0.05, 0) is 68.3 Å². The third-order valence-electron chi connectivity index (χ3n) is 4.51. The maximum absolute atomic E-state index is 13.3. The van der Waals surface area contributed by atoms with Crippen molar-refractivity contribution in [1.82, 2.24) is 5.32 Å². The highest BCUT2D eigenvalue weighted by Gasteiger charge is 2.28. The number of hydrogen-bond donors (Lipinski definition) is 1. The molecule has 0 fully saturated rings. The Kier molecular flexibility index (Phi) is 7.61. The highest BCUT2D eigenvalue weighted by molar-refractivity contribution is 7.92. The standard InChI is InChI=1S/C21H27FN2O4S/c1-5-28-19-10-8-18(9-11-19)24(14-21(25)23-16(4)15(2)3)29(26,27)20-12-6-17(22)7-13-20/h6-13,15-16H,5,14H2,1-4H3,(H,23,25)/t16-/m1/s1. The first-order chi connectivity index (χ1) is 13.6. The minimum absolute atomic E-state index is 0.0995. The van der Waals surface area contributed by atoms with Crippen LogP contribution in [-0.4, -0.2) is 33.5 Å². The smallest absolute Gasteiger partial charge is 0.264 e. The normalized spacial score (nSPS) is 12.5. The molecule has 0 spiro atoms. The third-order valence-corrected chi connectivity index (χ3v) is 6.30. The molecule has 6 nitrogen and oxygen atoms in total. The van der Waals surface area contributed by atoms with Crippen molar-refractivity contribution in [2.75, 3.05) is 17.5 Å². The second-order valence-electron chi connectivity index (χ2n) is 6.99. The van der Waals surface area contributed by atoms with Gasteiger partial charge in [0.25, 0.3) is 10.0 Å². The van der Waals surface area contributed by atoms with Crippen LogP contribution in [0.15, 0.2) is 53.4 Å². The van der Waals surface area contributed by atoms with Crippen molar-refractivity contribution in [2.45, 2.75) is 38.6 Å². The van der Waals surface area contributed by atoms with Crippen LogP contribution in [0.1, 0.15) is 27.7 Å². The predicted octanol–water partition coefficient (Wildman–Crippen LogP) is 3.58. The molecule has 0 aliphatic heterocycles. The molecule has 0 aromatic heterocycles. The first-order valence-corrected chi connectivity index (χ1v) is 10.9. The van der Waals surface area contributed by atoms with E-state index in [2.05, 4.69) is 5.32 Å². The molecule has 1 N–H and O–H groups in total. The summed E-state index contributed by atoms with van der Waals surface area (Å²) in [4.78, 5) is 12.4. The van der Waals surface area contributed by atoms with Crippen LogP contribution < -0.4 is 14.4 Å². The zero-order valence-corrected chi connectivity index (χ0v) is 17.9. The largest absolute Gasteiger partial charge is 0.494 e. The van der Waals surface area contributed by atoms with Crippen molar-refractivity contribution in [2.24, 2.45) is 5.92 Å². The van der Waals surface area contributed by atoms with E-state index in [1.807, 2.05) is 27.7 Å². The molecule has 0 aliphatic rings. The van der Waals surface area contributed by atoms with Crippen LogP contribution in [0.4, 0.5) is 10.1 Å². The summed E-state index contributed by atoms with van der Waals surface area (Å²) >= 11 is 0. The van der Waals surface area contributed by atoms with E-state index < -0.39 is 28.3 Å². The number of amides is 1. The molecule has 0 saturated carbocycles. The summed E-state index contributed by atoms with van der Waals surface area (Å²) in [6.45, 7) is 7.71. The van der Waals surface area contributed by atoms with Crippen molar-refractivity contribution in [1.29, 1.82) is 0 Å². The number of benzene rings is 2. The number of sulfonamides is 1. The van der Waals surface area contributed by atoms with E-state index in [0.717, 1.165) is 16.4 Å². The Bertz CT molecular complexity index is 913. The van der Waals surface area contributed by atoms with E-state index in [1.54, 1.807) is 24.3 Å². The summed E-state index contributed by atoms with van der Waals surface area (Å²) in [7, 11) is -4.08. The molecule has 2 rings (SSSR count). The van der Waals surface area contributed by atoms with E-state index in [-0.39, 0.29) is 16.9 Å². The van der Waals surface area contributed by atoms with Gasteiger partial charge in [-0.1, -0.05) is 13.8 Å². The first-order valence-electron chi connectivity index (χ1n) is 9.45. The zero-order valence-electron chi connectivity index (χ0n) is 17.1. The summed E-state index contributed by atoms with van der Waals surface area (Å²) in [6.07, 6.45) is 0. The maximum atomic E-state index is 13.3. The summed E-state index contributed by atoms with van der Waals surface area (Å²) in [5.41, 5.74) is 0.310. The van der Waals surface area contributed by atoms with Gasteiger partial charge in [-0.25, -0.2) is 12.8 Å². The molecular formula is C21H27FN2O4S. The Morgan fingerprint density at radius 1 is 1.07 bits per heavy atom. The number of carbonyl (C=O) groups excluding carboxylic acids is 1. The van der Waals surface area contributed by atoms with Crippen molar-refractivity contribution < 1.29 is 22.3 Å². The summed E-state index contributed by atoms with van der Waals surface area (Å²) in [5, 5.41) is 2.81. The fourth-order valence-corrected chi connectivity index (χ4v) is 3.94. The van der Waals surface area contributed by atoms with Crippen LogP contribution >= 0.6 is 0 Å². The van der Waals surface area contributed by atoms with E-state index in [1.165, 1.54) is 12.1 Å². The van der Waals surface area contributed by atoms with Gasteiger partial charge < -0.3 is 10.1 Å². The molecule has 0 saturated heterocycles. The molecule has 29 heavy (non-hydrogen) atoms. The number of nitrogens with zero attached hydrogens (tertiary/aromatic N) is 1. The zero-order chi connectivity index (χ0) is 21.6. The highest BCUT2D eigenvalue weighted by Crippen LogP contribution is 2.26. The van der Waals surface area contributed by atoms with Crippen LogP contribution in [-0.2, 0) is 14.8 Å². The Labute approximate surface area is 171 Å². The monoisotopic (exact) mass is 422 g/mol. The number of anilines is 1. The average molecular weight is 423 g/mol. The Morgan fingerprint density at radius 3 is 2.17 bits per heavy atom. The first kappa shape index (κ1) is 22.7. The van der Waals surface area contributed by atoms with Gasteiger partial charge in [0, 0.05) is 6.04 Å². The Morgan fingerprint density at radius 2 is 1.66 bits per heavy atom. The van der Waals surface area contributed by atoms with Gasteiger partial charge in [0.1, 0.15) is 18.1 Å². The van der Waals surface area contributed by atoms with Gasteiger partial charge in [-0.3, -0.25) is 9.10 Å². The van der Waals surface area contributed by atoms with Crippen LogP contribution in [0.5, 0.6) is 5.75 Å². The molecule has 0 radical (unpaired) electrons. The summed E-state index contributed by atoms with van der Waals surface area (Å²) in [5.74, 6) is -0.175. The average Bonchev–Trinajstić information content (AvgIpc) is 2.67. The second kappa shape index (κ2) is 9.73. The van der Waals surface area contributed by atoms with E-state index in [0.29, 0.717) is 18.0 Å². The van der Waals surface area contributed by atoms with Crippen molar-refractivity contribution in [3.8, 4) is 5.75 Å². The van der Waals surface area contributed by atoms with Crippen LogP contribution in [0.25, 0.3) is 0 Å². The molecule has 2 aromatic carbocycles. The lowest BCUT2D eigenvalue weighted by Gasteiger charge is -2.26.